The number of hydrogen-bond acceptors (Lipinski definition) is 4. The molecule has 0 atom stereocenters. The summed E-state index contributed by atoms with van der Waals surface area (Å²) < 4.78 is 0. The molecule has 1 aromatic carbocycles. The number of benzene rings is 1. The fourth-order valence-corrected chi connectivity index (χ4v) is 9.81. The maximum atomic E-state index is 2.97. The molecule has 1 heterocycles. The predicted octanol–water partition coefficient (Wildman–Crippen LogP) is 10.8. The predicted molar refractivity (Wildman–Crippen MR) is 205 cm³/mol. The van der Waals surface area contributed by atoms with Gasteiger partial charge in [-0.3, -0.25) is 19.6 Å². The Morgan fingerprint density at radius 2 is 0.587 bits per heavy atom. The fourth-order valence-electron chi connectivity index (χ4n) is 9.81. The molecule has 0 aromatic heterocycles. The van der Waals surface area contributed by atoms with E-state index in [0.717, 1.165) is 52.4 Å². The van der Waals surface area contributed by atoms with Crippen LogP contribution in [0.5, 0.6) is 0 Å². The van der Waals surface area contributed by atoms with Crippen LogP contribution in [0.25, 0.3) is 0 Å². The van der Waals surface area contributed by atoms with Crippen molar-refractivity contribution >= 4 is 0 Å². The van der Waals surface area contributed by atoms with E-state index in [4.69, 9.17) is 0 Å². The standard InChI is InChI=1S/C42H80N4/c1-13-39(14-2,15-3)43-28-29-44(40(16-4,17-5)18-6)31-33-46(42(22-10,23-11)24-12)36-38-27-25-26-37(34-38)35-45(32-30-43)41(19-7,20-8)21-9/h25-27,34H,13-24,28-33,35-36H2,1-12H3. The van der Waals surface area contributed by atoms with E-state index in [1.54, 1.807) is 0 Å². The number of nitrogens with zero attached hydrogens (tertiary/aromatic N) is 4. The van der Waals surface area contributed by atoms with Crippen molar-refractivity contribution < 1.29 is 0 Å². The molecule has 0 unspecified atom stereocenters. The molecule has 1 aromatic rings. The molecule has 0 saturated carbocycles. The Morgan fingerprint density at radius 1 is 0.370 bits per heavy atom. The SMILES string of the molecule is CCC(CC)(CC)N1CCN(C(CC)(CC)CC)CCN(C(CC)(CC)CC)Cc2cccc(c2)CN(C(CC)(CC)CC)CC1. The summed E-state index contributed by atoms with van der Waals surface area (Å²) >= 11 is 0. The summed E-state index contributed by atoms with van der Waals surface area (Å²) in [6.07, 6.45) is 14.6. The molecule has 2 rings (SSSR count). The zero-order chi connectivity index (χ0) is 34.4. The third kappa shape index (κ3) is 8.99. The second-order valence-corrected chi connectivity index (χ2v) is 14.8. The minimum absolute atomic E-state index is 0.241. The van der Waals surface area contributed by atoms with Gasteiger partial charge in [-0.15, -0.1) is 0 Å². The van der Waals surface area contributed by atoms with Gasteiger partial charge in [-0.05, 0) is 88.2 Å². The molecule has 0 saturated heterocycles. The van der Waals surface area contributed by atoms with E-state index in [2.05, 4.69) is 127 Å². The molecule has 0 aliphatic carbocycles. The first-order chi connectivity index (χ1) is 22.1. The summed E-state index contributed by atoms with van der Waals surface area (Å²) in [5.41, 5.74) is 3.99. The lowest BCUT2D eigenvalue weighted by atomic mass is 9.85. The molecule has 0 N–H and O–H groups in total. The van der Waals surface area contributed by atoms with Crippen LogP contribution in [0.2, 0.25) is 0 Å². The molecular weight excluding hydrogens is 560 g/mol. The average Bonchev–Trinajstić information content (AvgIpc) is 3.10. The van der Waals surface area contributed by atoms with Crippen LogP contribution in [-0.2, 0) is 13.1 Å². The first kappa shape index (κ1) is 41.2. The van der Waals surface area contributed by atoms with Gasteiger partial charge in [0.15, 0.2) is 0 Å². The van der Waals surface area contributed by atoms with E-state index in [1.807, 2.05) is 0 Å². The highest BCUT2D eigenvalue weighted by molar-refractivity contribution is 5.24. The van der Waals surface area contributed by atoms with Crippen molar-refractivity contribution in [2.45, 2.75) is 195 Å². The largest absolute Gasteiger partial charge is 0.295 e. The fraction of sp³-hybridized carbons (Fsp3) is 0.857. The highest BCUT2D eigenvalue weighted by Gasteiger charge is 2.39. The molecule has 46 heavy (non-hydrogen) atoms. The van der Waals surface area contributed by atoms with Gasteiger partial charge >= 0.3 is 0 Å². The van der Waals surface area contributed by atoms with Crippen molar-refractivity contribution in [1.29, 1.82) is 0 Å². The van der Waals surface area contributed by atoms with Gasteiger partial charge < -0.3 is 0 Å². The second kappa shape index (κ2) is 19.3. The van der Waals surface area contributed by atoms with Gasteiger partial charge in [-0.1, -0.05) is 107 Å². The van der Waals surface area contributed by atoms with Crippen molar-refractivity contribution in [3.8, 4) is 0 Å². The van der Waals surface area contributed by atoms with Crippen LogP contribution in [0.1, 0.15) is 171 Å². The smallest absolute Gasteiger partial charge is 0.0239 e. The van der Waals surface area contributed by atoms with Crippen molar-refractivity contribution in [3.63, 3.8) is 0 Å². The topological polar surface area (TPSA) is 13.0 Å². The minimum Gasteiger partial charge on any atom is -0.295 e. The summed E-state index contributed by atoms with van der Waals surface area (Å²) in [5, 5.41) is 0. The lowest BCUT2D eigenvalue weighted by Gasteiger charge is -2.50. The van der Waals surface area contributed by atoms with Gasteiger partial charge in [0.1, 0.15) is 0 Å². The molecule has 4 heteroatoms. The van der Waals surface area contributed by atoms with E-state index >= 15 is 0 Å². The molecule has 1 aliphatic heterocycles. The summed E-state index contributed by atoms with van der Waals surface area (Å²) in [6, 6.07) is 9.73. The Labute approximate surface area is 289 Å². The number of hydrogen-bond donors (Lipinski definition) is 0. The molecule has 0 radical (unpaired) electrons. The van der Waals surface area contributed by atoms with E-state index < -0.39 is 0 Å². The Balaban J connectivity index is 2.79. The maximum Gasteiger partial charge on any atom is 0.0239 e. The Bertz CT molecular complexity index is 850. The molecule has 0 fully saturated rings. The van der Waals surface area contributed by atoms with Crippen LogP contribution in [0.3, 0.4) is 0 Å². The monoisotopic (exact) mass is 641 g/mol. The quantitative estimate of drug-likeness (QED) is 0.178. The first-order valence-corrected chi connectivity index (χ1v) is 20.2. The zero-order valence-electron chi connectivity index (χ0n) is 33.2. The lowest BCUT2D eigenvalue weighted by molar-refractivity contribution is -0.00695. The summed E-state index contributed by atoms with van der Waals surface area (Å²) in [5.74, 6) is 0. The molecule has 268 valence electrons. The summed E-state index contributed by atoms with van der Waals surface area (Å²) in [6.45, 7) is 38.3. The van der Waals surface area contributed by atoms with Crippen molar-refractivity contribution in [1.82, 2.24) is 19.6 Å². The number of fused-ring (bicyclic) bond motifs is 2. The molecule has 1 aliphatic rings. The van der Waals surface area contributed by atoms with Gasteiger partial charge in [0.2, 0.25) is 0 Å². The maximum absolute atomic E-state index is 2.97. The molecule has 4 nitrogen and oxygen atoms in total. The van der Waals surface area contributed by atoms with Gasteiger partial charge in [0.05, 0.1) is 0 Å². The molecule has 0 amide bonds. The van der Waals surface area contributed by atoms with Gasteiger partial charge in [-0.2, -0.15) is 0 Å². The highest BCUT2D eigenvalue weighted by atomic mass is 15.3. The van der Waals surface area contributed by atoms with E-state index in [0.29, 0.717) is 0 Å². The third-order valence-corrected chi connectivity index (χ3v) is 14.2. The van der Waals surface area contributed by atoms with Crippen molar-refractivity contribution in [2.75, 3.05) is 39.3 Å². The van der Waals surface area contributed by atoms with Crippen LogP contribution < -0.4 is 0 Å². The van der Waals surface area contributed by atoms with Crippen LogP contribution in [-0.4, -0.2) is 81.0 Å². The minimum atomic E-state index is 0.241. The second-order valence-electron chi connectivity index (χ2n) is 14.8. The van der Waals surface area contributed by atoms with Gasteiger partial charge in [-0.25, -0.2) is 0 Å². The van der Waals surface area contributed by atoms with Crippen LogP contribution >= 0.6 is 0 Å². The van der Waals surface area contributed by atoms with E-state index in [9.17, 15) is 0 Å². The van der Waals surface area contributed by atoms with Gasteiger partial charge in [0, 0.05) is 74.5 Å². The summed E-state index contributed by atoms with van der Waals surface area (Å²) in [7, 11) is 0. The molecule has 0 spiro atoms. The Morgan fingerprint density at radius 3 is 0.826 bits per heavy atom. The van der Waals surface area contributed by atoms with E-state index in [-0.39, 0.29) is 22.2 Å². The normalized spacial score (nSPS) is 18.4. The van der Waals surface area contributed by atoms with E-state index in [1.165, 1.54) is 88.2 Å². The van der Waals surface area contributed by atoms with Crippen molar-refractivity contribution in [2.24, 2.45) is 0 Å². The number of rotatable bonds is 16. The average molecular weight is 641 g/mol. The zero-order valence-corrected chi connectivity index (χ0v) is 33.2. The van der Waals surface area contributed by atoms with Gasteiger partial charge in [0.25, 0.3) is 0 Å². The highest BCUT2D eigenvalue weighted by Crippen LogP contribution is 2.35. The lowest BCUT2D eigenvalue weighted by Crippen LogP contribution is -2.58. The molecule has 2 bridgehead atoms. The summed E-state index contributed by atoms with van der Waals surface area (Å²) in [4.78, 5) is 11.7. The van der Waals surface area contributed by atoms with Crippen molar-refractivity contribution in [3.05, 3.63) is 35.4 Å². The van der Waals surface area contributed by atoms with Crippen LogP contribution in [0, 0.1) is 0 Å². The Hall–Kier alpha value is -0.940. The van der Waals surface area contributed by atoms with Crippen LogP contribution in [0.15, 0.2) is 24.3 Å². The third-order valence-electron chi connectivity index (χ3n) is 14.2. The Kier molecular flexibility index (Phi) is 17.3. The van der Waals surface area contributed by atoms with Crippen LogP contribution in [0.4, 0.5) is 0 Å². The molecular formula is C42H80N4. The first-order valence-electron chi connectivity index (χ1n) is 20.2.